The maximum atomic E-state index is 11.5. The van der Waals surface area contributed by atoms with Crippen molar-refractivity contribution in [1.82, 2.24) is 0 Å². The second-order valence-electron chi connectivity index (χ2n) is 3.92. The molecule has 1 saturated carbocycles. The van der Waals surface area contributed by atoms with Gasteiger partial charge in [0.25, 0.3) is 0 Å². The molecule has 15 heavy (non-hydrogen) atoms. The maximum Gasteiger partial charge on any atom is 0.312 e. The van der Waals surface area contributed by atoms with Gasteiger partial charge in [0.05, 0.1) is 13.0 Å². The highest BCUT2D eigenvalue weighted by Gasteiger charge is 2.32. The van der Waals surface area contributed by atoms with Gasteiger partial charge in [-0.1, -0.05) is 12.8 Å². The van der Waals surface area contributed by atoms with Gasteiger partial charge in [0.15, 0.2) is 0 Å². The number of ether oxygens (including phenoxy) is 2. The quantitative estimate of drug-likeness (QED) is 0.518. The largest absolute Gasteiger partial charge is 0.469 e. The van der Waals surface area contributed by atoms with E-state index in [1.54, 1.807) is 0 Å². The average Bonchev–Trinajstić information content (AvgIpc) is 2.41. The van der Waals surface area contributed by atoms with E-state index in [9.17, 15) is 9.59 Å². The minimum atomic E-state index is -0.323. The molecule has 0 heterocycles. The zero-order valence-corrected chi connectivity index (χ0v) is 9.32. The minimum absolute atomic E-state index is 0.261. The highest BCUT2D eigenvalue weighted by atomic mass is 16.6. The molecule has 0 bridgehead atoms. The van der Waals surface area contributed by atoms with Crippen LogP contribution in [0.1, 0.15) is 39.0 Å². The smallest absolute Gasteiger partial charge is 0.312 e. The summed E-state index contributed by atoms with van der Waals surface area (Å²) in [7, 11) is 1.37. The highest BCUT2D eigenvalue weighted by Crippen LogP contribution is 2.26. The molecule has 4 nitrogen and oxygen atoms in total. The average molecular weight is 214 g/mol. The number of carbonyl (C=O) groups excluding carboxylic acids is 2. The van der Waals surface area contributed by atoms with Gasteiger partial charge < -0.3 is 9.47 Å². The number of esters is 2. The molecule has 0 aromatic carbocycles. The van der Waals surface area contributed by atoms with Crippen LogP contribution < -0.4 is 0 Å². The van der Waals surface area contributed by atoms with E-state index in [0.29, 0.717) is 0 Å². The molecule has 0 aliphatic heterocycles. The van der Waals surface area contributed by atoms with Crippen LogP contribution in [0.2, 0.25) is 0 Å². The summed E-state index contributed by atoms with van der Waals surface area (Å²) in [6, 6.07) is 0. The van der Waals surface area contributed by atoms with Crippen molar-refractivity contribution in [3.8, 4) is 0 Å². The fraction of sp³-hybridized carbons (Fsp3) is 0.818. The van der Waals surface area contributed by atoms with Crippen molar-refractivity contribution in [2.45, 2.75) is 45.1 Å². The third-order valence-corrected chi connectivity index (χ3v) is 2.77. The number of rotatable bonds is 2. The molecule has 0 N–H and O–H groups in total. The summed E-state index contributed by atoms with van der Waals surface area (Å²) < 4.78 is 9.89. The van der Waals surface area contributed by atoms with E-state index >= 15 is 0 Å². The van der Waals surface area contributed by atoms with E-state index in [0.717, 1.165) is 32.1 Å². The molecule has 0 aromatic heterocycles. The van der Waals surface area contributed by atoms with Crippen LogP contribution in [0.5, 0.6) is 0 Å². The van der Waals surface area contributed by atoms with E-state index in [-0.39, 0.29) is 24.0 Å². The van der Waals surface area contributed by atoms with Crippen LogP contribution in [0.15, 0.2) is 0 Å². The zero-order valence-electron chi connectivity index (χ0n) is 9.32. The van der Waals surface area contributed by atoms with Gasteiger partial charge in [-0.25, -0.2) is 0 Å². The Morgan fingerprint density at radius 2 is 1.80 bits per heavy atom. The van der Waals surface area contributed by atoms with Gasteiger partial charge in [0.2, 0.25) is 0 Å². The van der Waals surface area contributed by atoms with E-state index in [4.69, 9.17) is 9.47 Å². The van der Waals surface area contributed by atoms with Crippen LogP contribution in [0.25, 0.3) is 0 Å². The number of hydrogen-bond donors (Lipinski definition) is 0. The lowest BCUT2D eigenvalue weighted by molar-refractivity contribution is -0.159. The SMILES string of the molecule is COC(=O)[C@@H]1CCCCC[C@H]1OC(C)=O. The Morgan fingerprint density at radius 3 is 2.40 bits per heavy atom. The van der Waals surface area contributed by atoms with Crippen molar-refractivity contribution in [2.75, 3.05) is 7.11 Å². The first-order valence-electron chi connectivity index (χ1n) is 5.40. The van der Waals surface area contributed by atoms with Gasteiger partial charge in [-0.15, -0.1) is 0 Å². The van der Waals surface area contributed by atoms with Crippen LogP contribution in [-0.2, 0) is 19.1 Å². The normalized spacial score (nSPS) is 26.5. The van der Waals surface area contributed by atoms with Crippen molar-refractivity contribution < 1.29 is 19.1 Å². The first-order chi connectivity index (χ1) is 7.15. The third kappa shape index (κ3) is 3.53. The predicted octanol–water partition coefficient (Wildman–Crippen LogP) is 1.67. The molecule has 0 aromatic rings. The Kier molecular flexibility index (Phi) is 4.59. The lowest BCUT2D eigenvalue weighted by Gasteiger charge is -2.22. The molecule has 0 amide bonds. The van der Waals surface area contributed by atoms with Crippen LogP contribution in [0.3, 0.4) is 0 Å². The molecule has 2 atom stereocenters. The lowest BCUT2D eigenvalue weighted by Crippen LogP contribution is -2.32. The summed E-state index contributed by atoms with van der Waals surface area (Å²) in [4.78, 5) is 22.4. The first-order valence-corrected chi connectivity index (χ1v) is 5.40. The molecule has 1 rings (SSSR count). The first kappa shape index (κ1) is 12.0. The van der Waals surface area contributed by atoms with E-state index in [1.165, 1.54) is 14.0 Å². The molecule has 0 saturated heterocycles. The summed E-state index contributed by atoms with van der Waals surface area (Å²) in [5.74, 6) is -0.861. The Bertz CT molecular complexity index is 237. The molecular formula is C11H18O4. The van der Waals surface area contributed by atoms with Gasteiger partial charge in [-0.3, -0.25) is 9.59 Å². The standard InChI is InChI=1S/C11H18O4/c1-8(12)15-10-7-5-3-4-6-9(10)11(13)14-2/h9-10H,3-7H2,1-2H3/t9-,10-/m1/s1. The molecule has 1 fully saturated rings. The number of methoxy groups -OCH3 is 1. The Balaban J connectivity index is 2.66. The summed E-state index contributed by atoms with van der Waals surface area (Å²) in [5, 5.41) is 0. The molecule has 86 valence electrons. The highest BCUT2D eigenvalue weighted by molar-refractivity contribution is 5.74. The van der Waals surface area contributed by atoms with Gasteiger partial charge in [-0.05, 0) is 19.3 Å². The Morgan fingerprint density at radius 1 is 1.13 bits per heavy atom. The zero-order chi connectivity index (χ0) is 11.3. The number of hydrogen-bond acceptors (Lipinski definition) is 4. The molecule has 0 radical (unpaired) electrons. The van der Waals surface area contributed by atoms with Crippen LogP contribution in [0.4, 0.5) is 0 Å². The second kappa shape index (κ2) is 5.73. The summed E-state index contributed by atoms with van der Waals surface area (Å²) >= 11 is 0. The van der Waals surface area contributed by atoms with Crippen molar-refractivity contribution in [3.63, 3.8) is 0 Å². The van der Waals surface area contributed by atoms with E-state index in [2.05, 4.69) is 0 Å². The van der Waals surface area contributed by atoms with Crippen LogP contribution >= 0.6 is 0 Å². The molecule has 0 spiro atoms. The van der Waals surface area contributed by atoms with Crippen molar-refractivity contribution >= 4 is 11.9 Å². The Hall–Kier alpha value is -1.06. The predicted molar refractivity (Wildman–Crippen MR) is 54.1 cm³/mol. The Labute approximate surface area is 89.9 Å². The van der Waals surface area contributed by atoms with Crippen molar-refractivity contribution in [3.05, 3.63) is 0 Å². The molecular weight excluding hydrogens is 196 g/mol. The monoisotopic (exact) mass is 214 g/mol. The minimum Gasteiger partial charge on any atom is -0.469 e. The van der Waals surface area contributed by atoms with Crippen LogP contribution in [0, 0.1) is 5.92 Å². The van der Waals surface area contributed by atoms with Gasteiger partial charge in [-0.2, -0.15) is 0 Å². The van der Waals surface area contributed by atoms with Crippen LogP contribution in [-0.4, -0.2) is 25.2 Å². The number of carbonyl (C=O) groups is 2. The van der Waals surface area contributed by atoms with E-state index in [1.807, 2.05) is 0 Å². The van der Waals surface area contributed by atoms with E-state index < -0.39 is 0 Å². The van der Waals surface area contributed by atoms with Crippen molar-refractivity contribution in [1.29, 1.82) is 0 Å². The van der Waals surface area contributed by atoms with Gasteiger partial charge >= 0.3 is 11.9 Å². The fourth-order valence-electron chi connectivity index (χ4n) is 2.05. The third-order valence-electron chi connectivity index (χ3n) is 2.77. The maximum absolute atomic E-state index is 11.5. The molecule has 1 aliphatic carbocycles. The van der Waals surface area contributed by atoms with Gasteiger partial charge in [0.1, 0.15) is 6.10 Å². The fourth-order valence-corrected chi connectivity index (χ4v) is 2.05. The molecule has 4 heteroatoms. The summed E-state index contributed by atoms with van der Waals surface area (Å²) in [5.41, 5.74) is 0. The summed E-state index contributed by atoms with van der Waals surface area (Å²) in [6.07, 6.45) is 4.32. The summed E-state index contributed by atoms with van der Waals surface area (Å²) in [6.45, 7) is 1.37. The second-order valence-corrected chi connectivity index (χ2v) is 3.92. The van der Waals surface area contributed by atoms with Crippen molar-refractivity contribution in [2.24, 2.45) is 5.92 Å². The molecule has 0 unspecified atom stereocenters. The van der Waals surface area contributed by atoms with Gasteiger partial charge in [0, 0.05) is 6.92 Å². The molecule has 1 aliphatic rings. The lowest BCUT2D eigenvalue weighted by atomic mass is 9.97. The topological polar surface area (TPSA) is 52.6 Å².